The number of nitrogens with one attached hydrogen (secondary N) is 1. The Hall–Kier alpha value is -0.130. The highest BCUT2D eigenvalue weighted by Crippen LogP contribution is 2.37. The van der Waals surface area contributed by atoms with E-state index in [4.69, 9.17) is 5.84 Å². The molecule has 19 heavy (non-hydrogen) atoms. The molecule has 0 aromatic heterocycles. The molecule has 4 atom stereocenters. The van der Waals surface area contributed by atoms with Crippen molar-refractivity contribution in [2.75, 3.05) is 11.5 Å². The maximum atomic E-state index is 11.6. The summed E-state index contributed by atoms with van der Waals surface area (Å²) in [5, 5.41) is 0. The van der Waals surface area contributed by atoms with Crippen molar-refractivity contribution < 1.29 is 8.42 Å². The summed E-state index contributed by atoms with van der Waals surface area (Å²) < 4.78 is 23.1. The number of hydrogen-bond acceptors (Lipinski definition) is 4. The highest BCUT2D eigenvalue weighted by Gasteiger charge is 2.35. The van der Waals surface area contributed by atoms with Crippen molar-refractivity contribution in [2.24, 2.45) is 23.6 Å². The average molecular weight is 288 g/mol. The minimum atomic E-state index is -2.77. The van der Waals surface area contributed by atoms with Crippen molar-refractivity contribution in [3.05, 3.63) is 0 Å². The van der Waals surface area contributed by atoms with Gasteiger partial charge < -0.3 is 0 Å². The van der Waals surface area contributed by atoms with E-state index in [9.17, 15) is 8.42 Å². The third-order valence-corrected chi connectivity index (χ3v) is 6.97. The van der Waals surface area contributed by atoms with Crippen LogP contribution in [-0.4, -0.2) is 26.0 Å². The lowest BCUT2D eigenvalue weighted by molar-refractivity contribution is 0.159. The van der Waals surface area contributed by atoms with Gasteiger partial charge in [0.15, 0.2) is 9.84 Å². The van der Waals surface area contributed by atoms with Crippen LogP contribution in [-0.2, 0) is 9.84 Å². The van der Waals surface area contributed by atoms with E-state index in [1.54, 1.807) is 0 Å². The van der Waals surface area contributed by atoms with Crippen LogP contribution in [0.2, 0.25) is 0 Å². The lowest BCUT2D eigenvalue weighted by atomic mass is 9.72. The van der Waals surface area contributed by atoms with Gasteiger partial charge in [0.2, 0.25) is 0 Å². The van der Waals surface area contributed by atoms with E-state index in [0.717, 1.165) is 18.8 Å². The normalized spacial score (nSPS) is 36.2. The number of sulfone groups is 1. The average Bonchev–Trinajstić information content (AvgIpc) is 2.75. The van der Waals surface area contributed by atoms with Crippen LogP contribution in [0.3, 0.4) is 0 Å². The number of rotatable bonds is 5. The molecule has 1 saturated carbocycles. The summed E-state index contributed by atoms with van der Waals surface area (Å²) in [6, 6.07) is 0.295. The van der Waals surface area contributed by atoms with Crippen molar-refractivity contribution in [2.45, 2.75) is 57.9 Å². The predicted molar refractivity (Wildman–Crippen MR) is 78.2 cm³/mol. The smallest absolute Gasteiger partial charge is 0.150 e. The molecular formula is C14H28N2O2S. The first-order valence-electron chi connectivity index (χ1n) is 7.72. The highest BCUT2D eigenvalue weighted by atomic mass is 32.2. The van der Waals surface area contributed by atoms with Gasteiger partial charge in [-0.05, 0) is 37.0 Å². The van der Waals surface area contributed by atoms with Crippen molar-refractivity contribution in [1.82, 2.24) is 5.43 Å². The summed E-state index contributed by atoms with van der Waals surface area (Å²) >= 11 is 0. The van der Waals surface area contributed by atoms with E-state index in [1.807, 2.05) is 0 Å². The van der Waals surface area contributed by atoms with Crippen LogP contribution in [0.25, 0.3) is 0 Å². The van der Waals surface area contributed by atoms with E-state index in [1.165, 1.54) is 32.1 Å². The van der Waals surface area contributed by atoms with Crippen LogP contribution in [0.1, 0.15) is 51.9 Å². The fourth-order valence-corrected chi connectivity index (χ4v) is 5.94. The van der Waals surface area contributed by atoms with Gasteiger partial charge in [0.1, 0.15) is 0 Å². The van der Waals surface area contributed by atoms with Gasteiger partial charge in [-0.25, -0.2) is 8.42 Å². The lowest BCUT2D eigenvalue weighted by Crippen LogP contribution is -2.45. The van der Waals surface area contributed by atoms with E-state index < -0.39 is 9.84 Å². The van der Waals surface area contributed by atoms with Gasteiger partial charge in [-0.15, -0.1) is 0 Å². The Morgan fingerprint density at radius 3 is 2.58 bits per heavy atom. The van der Waals surface area contributed by atoms with Crippen molar-refractivity contribution in [3.63, 3.8) is 0 Å². The van der Waals surface area contributed by atoms with Gasteiger partial charge >= 0.3 is 0 Å². The zero-order valence-electron chi connectivity index (χ0n) is 12.0. The van der Waals surface area contributed by atoms with E-state index in [2.05, 4.69) is 12.3 Å². The second kappa shape index (κ2) is 6.55. The first-order valence-corrected chi connectivity index (χ1v) is 9.54. The molecule has 1 aliphatic carbocycles. The summed E-state index contributed by atoms with van der Waals surface area (Å²) in [6.07, 6.45) is 8.15. The molecule has 4 nitrogen and oxygen atoms in total. The van der Waals surface area contributed by atoms with Gasteiger partial charge in [0.25, 0.3) is 0 Å². The molecule has 2 rings (SSSR count). The molecule has 0 radical (unpaired) electrons. The van der Waals surface area contributed by atoms with E-state index in [0.29, 0.717) is 29.4 Å². The first kappa shape index (κ1) is 15.3. The Morgan fingerprint density at radius 1 is 1.26 bits per heavy atom. The third-order valence-electron chi connectivity index (χ3n) is 5.14. The minimum Gasteiger partial charge on any atom is -0.271 e. The standard InChI is InChI=1S/C14H28N2O2S/c1-2-12-5-3-4-6-13(12)14(16-15)9-11-7-8-19(17,18)10-11/h11-14,16H,2-10,15H2,1H3. The quantitative estimate of drug-likeness (QED) is 0.598. The van der Waals surface area contributed by atoms with Crippen molar-refractivity contribution >= 4 is 9.84 Å². The molecule has 1 aliphatic heterocycles. The largest absolute Gasteiger partial charge is 0.271 e. The molecule has 0 amide bonds. The van der Waals surface area contributed by atoms with Crippen LogP contribution in [0.15, 0.2) is 0 Å². The fraction of sp³-hybridized carbons (Fsp3) is 1.00. The first-order chi connectivity index (χ1) is 9.05. The molecule has 1 heterocycles. The van der Waals surface area contributed by atoms with Gasteiger partial charge in [-0.2, -0.15) is 0 Å². The van der Waals surface area contributed by atoms with Gasteiger partial charge in [-0.1, -0.05) is 32.6 Å². The number of hydrazine groups is 1. The summed E-state index contributed by atoms with van der Waals surface area (Å²) in [5.41, 5.74) is 3.00. The molecule has 0 spiro atoms. The van der Waals surface area contributed by atoms with Crippen LogP contribution < -0.4 is 11.3 Å². The van der Waals surface area contributed by atoms with E-state index in [-0.39, 0.29) is 0 Å². The van der Waals surface area contributed by atoms with Crippen LogP contribution in [0.5, 0.6) is 0 Å². The summed E-state index contributed by atoms with van der Waals surface area (Å²) in [4.78, 5) is 0. The zero-order valence-corrected chi connectivity index (χ0v) is 12.8. The topological polar surface area (TPSA) is 72.2 Å². The van der Waals surface area contributed by atoms with Crippen molar-refractivity contribution in [3.8, 4) is 0 Å². The molecule has 4 unspecified atom stereocenters. The molecule has 1 saturated heterocycles. The minimum absolute atomic E-state index is 0.295. The molecule has 0 bridgehead atoms. The maximum absolute atomic E-state index is 11.6. The SMILES string of the molecule is CCC1CCCCC1C(CC1CCS(=O)(=O)C1)NN. The Morgan fingerprint density at radius 2 is 2.00 bits per heavy atom. The molecule has 112 valence electrons. The Bertz CT molecular complexity index is 383. The molecule has 0 aromatic rings. The Labute approximate surface area is 117 Å². The van der Waals surface area contributed by atoms with Gasteiger partial charge in [0, 0.05) is 6.04 Å². The third kappa shape index (κ3) is 3.92. The summed E-state index contributed by atoms with van der Waals surface area (Å²) in [7, 11) is -2.77. The van der Waals surface area contributed by atoms with Crippen LogP contribution in [0, 0.1) is 17.8 Å². The van der Waals surface area contributed by atoms with E-state index >= 15 is 0 Å². The molecule has 5 heteroatoms. The monoisotopic (exact) mass is 288 g/mol. The summed E-state index contributed by atoms with van der Waals surface area (Å²) in [5.74, 6) is 8.21. The molecule has 2 aliphatic rings. The number of nitrogens with two attached hydrogens (primary N) is 1. The second-order valence-electron chi connectivity index (χ2n) is 6.39. The molecule has 0 aromatic carbocycles. The van der Waals surface area contributed by atoms with Crippen molar-refractivity contribution in [1.29, 1.82) is 0 Å². The lowest BCUT2D eigenvalue weighted by Gasteiger charge is -2.37. The molecule has 3 N–H and O–H groups in total. The molecular weight excluding hydrogens is 260 g/mol. The maximum Gasteiger partial charge on any atom is 0.150 e. The molecule has 2 fully saturated rings. The number of hydrogen-bond donors (Lipinski definition) is 2. The Kier molecular flexibility index (Phi) is 5.26. The fourth-order valence-electron chi connectivity index (χ4n) is 4.06. The predicted octanol–water partition coefficient (Wildman–Crippen LogP) is 1.86. The van der Waals surface area contributed by atoms with Crippen LogP contribution >= 0.6 is 0 Å². The summed E-state index contributed by atoms with van der Waals surface area (Å²) in [6.45, 7) is 2.26. The van der Waals surface area contributed by atoms with Gasteiger partial charge in [0.05, 0.1) is 11.5 Å². The van der Waals surface area contributed by atoms with Gasteiger partial charge in [-0.3, -0.25) is 11.3 Å². The Balaban J connectivity index is 1.95. The zero-order chi connectivity index (χ0) is 13.9. The highest BCUT2D eigenvalue weighted by molar-refractivity contribution is 7.91. The second-order valence-corrected chi connectivity index (χ2v) is 8.62. The van der Waals surface area contributed by atoms with Crippen LogP contribution in [0.4, 0.5) is 0 Å².